The number of phenols is 1. The Morgan fingerprint density at radius 2 is 1.00 bits per heavy atom. The summed E-state index contributed by atoms with van der Waals surface area (Å²) in [7, 11) is 0. The van der Waals surface area contributed by atoms with E-state index < -0.39 is 0 Å². The monoisotopic (exact) mass is 376 g/mol. The Labute approximate surface area is 171 Å². The highest BCUT2D eigenvalue weighted by atomic mass is 16.3. The SMILES string of the molecule is C=Cc1c(C)c(-c2c(C)c(C=C)c(C)c(C(C)C)c2O)c(C)c(C(C)C)c1C. The van der Waals surface area contributed by atoms with E-state index in [1.54, 1.807) is 0 Å². The van der Waals surface area contributed by atoms with Gasteiger partial charge >= 0.3 is 0 Å². The Kier molecular flexibility index (Phi) is 6.28. The summed E-state index contributed by atoms with van der Waals surface area (Å²) >= 11 is 0. The smallest absolute Gasteiger partial charge is 0.127 e. The molecule has 0 unspecified atom stereocenters. The highest BCUT2D eigenvalue weighted by molar-refractivity contribution is 5.87. The van der Waals surface area contributed by atoms with Crippen molar-refractivity contribution in [2.75, 3.05) is 0 Å². The Hall–Kier alpha value is -2.28. The summed E-state index contributed by atoms with van der Waals surface area (Å²) in [6.45, 7) is 27.6. The molecule has 0 amide bonds. The molecule has 0 aromatic heterocycles. The van der Waals surface area contributed by atoms with Crippen molar-refractivity contribution in [1.82, 2.24) is 0 Å². The van der Waals surface area contributed by atoms with Crippen LogP contribution in [0.25, 0.3) is 23.3 Å². The van der Waals surface area contributed by atoms with Crippen LogP contribution in [0.3, 0.4) is 0 Å². The van der Waals surface area contributed by atoms with Crippen LogP contribution in [-0.2, 0) is 0 Å². The molecular formula is C27H36O. The second-order valence-corrected chi connectivity index (χ2v) is 8.60. The Morgan fingerprint density at radius 1 is 0.607 bits per heavy atom. The van der Waals surface area contributed by atoms with E-state index >= 15 is 0 Å². The average Bonchev–Trinajstić information content (AvgIpc) is 2.57. The van der Waals surface area contributed by atoms with Gasteiger partial charge in [-0.25, -0.2) is 0 Å². The van der Waals surface area contributed by atoms with Gasteiger partial charge in [0, 0.05) is 11.1 Å². The number of rotatable bonds is 5. The van der Waals surface area contributed by atoms with E-state index in [1.807, 2.05) is 12.2 Å². The maximum atomic E-state index is 11.4. The molecule has 0 atom stereocenters. The molecular weight excluding hydrogens is 340 g/mol. The average molecular weight is 377 g/mol. The van der Waals surface area contributed by atoms with E-state index in [0.717, 1.165) is 33.4 Å². The fourth-order valence-electron chi connectivity index (χ4n) is 5.17. The lowest BCUT2D eigenvalue weighted by Gasteiger charge is -2.27. The molecule has 1 heteroatoms. The summed E-state index contributed by atoms with van der Waals surface area (Å²) < 4.78 is 0. The maximum Gasteiger partial charge on any atom is 0.127 e. The molecule has 0 heterocycles. The minimum Gasteiger partial charge on any atom is -0.507 e. The molecule has 2 aromatic carbocycles. The van der Waals surface area contributed by atoms with Gasteiger partial charge in [-0.1, -0.05) is 53.0 Å². The largest absolute Gasteiger partial charge is 0.507 e. The van der Waals surface area contributed by atoms with Crippen LogP contribution in [-0.4, -0.2) is 5.11 Å². The molecule has 0 aliphatic rings. The number of benzene rings is 2. The van der Waals surface area contributed by atoms with E-state index in [4.69, 9.17) is 0 Å². The van der Waals surface area contributed by atoms with Crippen molar-refractivity contribution in [1.29, 1.82) is 0 Å². The zero-order chi connectivity index (χ0) is 21.5. The van der Waals surface area contributed by atoms with Crippen molar-refractivity contribution in [3.8, 4) is 16.9 Å². The van der Waals surface area contributed by atoms with Crippen LogP contribution in [0.4, 0.5) is 0 Å². The third-order valence-electron chi connectivity index (χ3n) is 6.26. The maximum absolute atomic E-state index is 11.4. The summed E-state index contributed by atoms with van der Waals surface area (Å²) in [6, 6.07) is 0. The van der Waals surface area contributed by atoms with Gasteiger partial charge in [0.25, 0.3) is 0 Å². The van der Waals surface area contributed by atoms with Gasteiger partial charge in [0.05, 0.1) is 0 Å². The summed E-state index contributed by atoms with van der Waals surface area (Å²) in [5, 5.41) is 11.4. The molecule has 2 rings (SSSR count). The van der Waals surface area contributed by atoms with Crippen molar-refractivity contribution in [3.05, 3.63) is 63.2 Å². The number of aromatic hydroxyl groups is 1. The van der Waals surface area contributed by atoms with Crippen LogP contribution in [0.2, 0.25) is 0 Å². The van der Waals surface area contributed by atoms with E-state index in [-0.39, 0.29) is 5.92 Å². The number of phenolic OH excluding ortho intramolecular Hbond substituents is 1. The summed E-state index contributed by atoms with van der Waals surface area (Å²) in [6.07, 6.45) is 3.88. The zero-order valence-electron chi connectivity index (χ0n) is 19.2. The molecule has 0 bridgehead atoms. The fraction of sp³-hybridized carbons (Fsp3) is 0.407. The van der Waals surface area contributed by atoms with E-state index in [2.05, 4.69) is 75.5 Å². The third kappa shape index (κ3) is 3.21. The fourth-order valence-corrected chi connectivity index (χ4v) is 5.17. The second-order valence-electron chi connectivity index (χ2n) is 8.60. The van der Waals surface area contributed by atoms with E-state index in [9.17, 15) is 5.11 Å². The molecule has 0 fully saturated rings. The Balaban J connectivity index is 3.17. The molecule has 1 nitrogen and oxygen atoms in total. The van der Waals surface area contributed by atoms with Crippen LogP contribution in [0.15, 0.2) is 13.2 Å². The normalized spacial score (nSPS) is 11.4. The summed E-state index contributed by atoms with van der Waals surface area (Å²) in [5.41, 5.74) is 12.7. The number of hydrogen-bond acceptors (Lipinski definition) is 1. The molecule has 150 valence electrons. The van der Waals surface area contributed by atoms with Crippen LogP contribution < -0.4 is 0 Å². The minimum atomic E-state index is 0.229. The lowest BCUT2D eigenvalue weighted by Crippen LogP contribution is -2.07. The van der Waals surface area contributed by atoms with Crippen LogP contribution in [0, 0.1) is 34.6 Å². The van der Waals surface area contributed by atoms with Gasteiger partial charge in [-0.2, -0.15) is 0 Å². The van der Waals surface area contributed by atoms with Gasteiger partial charge in [-0.15, -0.1) is 0 Å². The molecule has 0 spiro atoms. The zero-order valence-corrected chi connectivity index (χ0v) is 19.2. The topological polar surface area (TPSA) is 20.2 Å². The lowest BCUT2D eigenvalue weighted by molar-refractivity contribution is 0.465. The highest BCUT2D eigenvalue weighted by Crippen LogP contribution is 2.47. The summed E-state index contributed by atoms with van der Waals surface area (Å²) in [5.74, 6) is 1.04. The van der Waals surface area contributed by atoms with E-state index in [0.29, 0.717) is 11.7 Å². The van der Waals surface area contributed by atoms with Gasteiger partial charge in [0.2, 0.25) is 0 Å². The first-order valence-corrected chi connectivity index (χ1v) is 10.3. The molecule has 0 radical (unpaired) electrons. The second kappa shape index (κ2) is 7.99. The van der Waals surface area contributed by atoms with Crippen molar-refractivity contribution in [3.63, 3.8) is 0 Å². The predicted molar refractivity (Wildman–Crippen MR) is 126 cm³/mol. The van der Waals surface area contributed by atoms with Gasteiger partial charge in [-0.05, 0) is 96.5 Å². The molecule has 0 aliphatic heterocycles. The highest BCUT2D eigenvalue weighted by Gasteiger charge is 2.26. The standard InChI is InChI=1S/C27H36O/c1-12-21-16(7)23(14(3)4)20(11)25(18(21)9)26-19(10)22(13-2)17(8)24(15(5)6)27(26)28/h12-15,28H,1-2H2,3-11H3. The molecule has 0 saturated heterocycles. The lowest BCUT2D eigenvalue weighted by atomic mass is 9.78. The predicted octanol–water partition coefficient (Wildman–Crippen LogP) is 8.13. The van der Waals surface area contributed by atoms with Crippen LogP contribution >= 0.6 is 0 Å². The van der Waals surface area contributed by atoms with Crippen molar-refractivity contribution < 1.29 is 5.11 Å². The first-order chi connectivity index (χ1) is 13.0. The van der Waals surface area contributed by atoms with Gasteiger partial charge in [0.1, 0.15) is 5.75 Å². The van der Waals surface area contributed by atoms with Crippen molar-refractivity contribution in [2.45, 2.75) is 74.1 Å². The first kappa shape index (κ1) is 22.0. The molecule has 28 heavy (non-hydrogen) atoms. The quantitative estimate of drug-likeness (QED) is 0.558. The molecule has 0 aliphatic carbocycles. The molecule has 2 aromatic rings. The van der Waals surface area contributed by atoms with Crippen molar-refractivity contribution >= 4 is 12.2 Å². The van der Waals surface area contributed by atoms with Crippen LogP contribution in [0.5, 0.6) is 5.75 Å². The Bertz CT molecular complexity index is 876. The Morgan fingerprint density at radius 3 is 1.39 bits per heavy atom. The molecule has 1 N–H and O–H groups in total. The number of hydrogen-bond donors (Lipinski definition) is 1. The van der Waals surface area contributed by atoms with Gasteiger partial charge in [-0.3, -0.25) is 0 Å². The first-order valence-electron chi connectivity index (χ1n) is 10.3. The third-order valence-corrected chi connectivity index (χ3v) is 6.26. The summed E-state index contributed by atoms with van der Waals surface area (Å²) in [4.78, 5) is 0. The van der Waals surface area contributed by atoms with Crippen LogP contribution in [0.1, 0.15) is 89.6 Å². The van der Waals surface area contributed by atoms with Crippen molar-refractivity contribution in [2.24, 2.45) is 0 Å². The molecule has 0 saturated carbocycles. The van der Waals surface area contributed by atoms with Gasteiger partial charge < -0.3 is 5.11 Å². The van der Waals surface area contributed by atoms with E-state index in [1.165, 1.54) is 27.8 Å². The van der Waals surface area contributed by atoms with Gasteiger partial charge in [0.15, 0.2) is 0 Å². The minimum absolute atomic E-state index is 0.229.